The number of hydrogen-bond donors (Lipinski definition) is 1. The lowest BCUT2D eigenvalue weighted by molar-refractivity contribution is -0.0817. The molecular formula is C15H29N3O2S. The van der Waals surface area contributed by atoms with Gasteiger partial charge < -0.3 is 19.7 Å². The fourth-order valence-electron chi connectivity index (χ4n) is 2.81. The number of nitrogens with zero attached hydrogens (tertiary/aromatic N) is 2. The number of aliphatic imine (C=N–C) groups is 1. The van der Waals surface area contributed by atoms with Crippen LogP contribution in [0, 0.1) is 0 Å². The zero-order valence-corrected chi connectivity index (χ0v) is 14.2. The average Bonchev–Trinajstić information content (AvgIpc) is 3.05. The highest BCUT2D eigenvalue weighted by molar-refractivity contribution is 7.98. The molecule has 2 aliphatic heterocycles. The quantitative estimate of drug-likeness (QED) is 0.458. The second kappa shape index (κ2) is 9.54. The van der Waals surface area contributed by atoms with Gasteiger partial charge in [0.05, 0.1) is 12.7 Å². The van der Waals surface area contributed by atoms with Crippen molar-refractivity contribution in [3.05, 3.63) is 0 Å². The largest absolute Gasteiger partial charge is 0.375 e. The average molecular weight is 315 g/mol. The Bertz CT molecular complexity index is 322. The Morgan fingerprint density at radius 3 is 2.90 bits per heavy atom. The van der Waals surface area contributed by atoms with Crippen LogP contribution < -0.4 is 5.32 Å². The molecule has 2 rings (SSSR count). The number of morpholine rings is 1. The highest BCUT2D eigenvalue weighted by Crippen LogP contribution is 2.21. The first-order valence-corrected chi connectivity index (χ1v) is 9.50. The summed E-state index contributed by atoms with van der Waals surface area (Å²) in [5.41, 5.74) is 0. The molecule has 0 spiro atoms. The minimum atomic E-state index is 0.191. The lowest BCUT2D eigenvalue weighted by Crippen LogP contribution is -2.53. The van der Waals surface area contributed by atoms with Gasteiger partial charge in [-0.2, -0.15) is 11.8 Å². The lowest BCUT2D eigenvalue weighted by atomic mass is 10.1. The van der Waals surface area contributed by atoms with Crippen LogP contribution in [0.4, 0.5) is 0 Å². The van der Waals surface area contributed by atoms with Crippen LogP contribution in [-0.2, 0) is 9.47 Å². The summed E-state index contributed by atoms with van der Waals surface area (Å²) in [7, 11) is 0. The summed E-state index contributed by atoms with van der Waals surface area (Å²) >= 11 is 1.88. The molecule has 2 unspecified atom stereocenters. The summed E-state index contributed by atoms with van der Waals surface area (Å²) in [6.07, 6.45) is 6.02. The Hall–Kier alpha value is -0.460. The van der Waals surface area contributed by atoms with Crippen LogP contribution >= 0.6 is 11.8 Å². The van der Waals surface area contributed by atoms with Crippen molar-refractivity contribution >= 4 is 17.7 Å². The Balaban J connectivity index is 1.88. The van der Waals surface area contributed by atoms with Crippen LogP contribution in [0.5, 0.6) is 0 Å². The van der Waals surface area contributed by atoms with E-state index in [-0.39, 0.29) is 12.2 Å². The molecule has 0 aliphatic carbocycles. The number of ether oxygens (including phenoxy) is 2. The van der Waals surface area contributed by atoms with Crippen molar-refractivity contribution in [2.24, 2.45) is 4.99 Å². The van der Waals surface area contributed by atoms with E-state index in [4.69, 9.17) is 14.5 Å². The number of guanidine groups is 1. The van der Waals surface area contributed by atoms with Crippen LogP contribution in [0.2, 0.25) is 0 Å². The summed E-state index contributed by atoms with van der Waals surface area (Å²) in [6, 6.07) is 0. The second-order valence-corrected chi connectivity index (χ2v) is 6.47. The van der Waals surface area contributed by atoms with E-state index in [1.54, 1.807) is 0 Å². The summed E-state index contributed by atoms with van der Waals surface area (Å²) in [5.74, 6) is 2.20. The van der Waals surface area contributed by atoms with Crippen LogP contribution in [-0.4, -0.2) is 74.5 Å². The molecule has 21 heavy (non-hydrogen) atoms. The van der Waals surface area contributed by atoms with E-state index < -0.39 is 0 Å². The molecule has 0 amide bonds. The Kier molecular flexibility index (Phi) is 7.68. The van der Waals surface area contributed by atoms with Gasteiger partial charge >= 0.3 is 0 Å². The molecule has 2 heterocycles. The van der Waals surface area contributed by atoms with Crippen molar-refractivity contribution in [3.8, 4) is 0 Å². The van der Waals surface area contributed by atoms with Crippen LogP contribution in [0.3, 0.4) is 0 Å². The molecule has 0 saturated carbocycles. The van der Waals surface area contributed by atoms with Gasteiger partial charge in [-0.05, 0) is 38.2 Å². The molecule has 1 N–H and O–H groups in total. The highest BCUT2D eigenvalue weighted by Gasteiger charge is 2.32. The van der Waals surface area contributed by atoms with Crippen molar-refractivity contribution in [3.63, 3.8) is 0 Å². The fraction of sp³-hybridized carbons (Fsp3) is 0.933. The first-order valence-electron chi connectivity index (χ1n) is 8.10. The molecule has 2 fully saturated rings. The minimum absolute atomic E-state index is 0.191. The third-order valence-electron chi connectivity index (χ3n) is 3.88. The van der Waals surface area contributed by atoms with Crippen molar-refractivity contribution in [2.75, 3.05) is 51.4 Å². The molecule has 0 bridgehead atoms. The van der Waals surface area contributed by atoms with Gasteiger partial charge in [0, 0.05) is 32.8 Å². The van der Waals surface area contributed by atoms with Gasteiger partial charge in [-0.25, -0.2) is 0 Å². The molecule has 5 nitrogen and oxygen atoms in total. The maximum atomic E-state index is 5.91. The van der Waals surface area contributed by atoms with Gasteiger partial charge in [0.2, 0.25) is 0 Å². The van der Waals surface area contributed by atoms with Crippen LogP contribution in [0.25, 0.3) is 0 Å². The van der Waals surface area contributed by atoms with E-state index in [2.05, 4.69) is 23.4 Å². The maximum Gasteiger partial charge on any atom is 0.194 e. The molecule has 0 aromatic carbocycles. The predicted octanol–water partition coefficient (Wildman–Crippen LogP) is 1.58. The molecule has 0 aromatic rings. The summed E-state index contributed by atoms with van der Waals surface area (Å²) in [6.45, 7) is 7.37. The zero-order chi connectivity index (χ0) is 14.9. The van der Waals surface area contributed by atoms with Gasteiger partial charge in [0.15, 0.2) is 5.96 Å². The first-order chi connectivity index (χ1) is 10.3. The summed E-state index contributed by atoms with van der Waals surface area (Å²) < 4.78 is 11.7. The smallest absolute Gasteiger partial charge is 0.194 e. The Labute approximate surface area is 132 Å². The summed E-state index contributed by atoms with van der Waals surface area (Å²) in [5, 5.41) is 3.41. The molecule has 0 aromatic heterocycles. The van der Waals surface area contributed by atoms with E-state index in [0.717, 1.165) is 64.6 Å². The van der Waals surface area contributed by atoms with Gasteiger partial charge in [-0.1, -0.05) is 0 Å². The van der Waals surface area contributed by atoms with Gasteiger partial charge in [-0.15, -0.1) is 0 Å². The molecule has 2 saturated heterocycles. The summed E-state index contributed by atoms with van der Waals surface area (Å²) in [4.78, 5) is 7.09. The molecule has 2 aliphatic rings. The van der Waals surface area contributed by atoms with Gasteiger partial charge in [0.1, 0.15) is 6.10 Å². The number of hydrogen-bond acceptors (Lipinski definition) is 4. The zero-order valence-electron chi connectivity index (χ0n) is 13.3. The molecule has 122 valence electrons. The van der Waals surface area contributed by atoms with Crippen molar-refractivity contribution in [1.29, 1.82) is 0 Å². The maximum absolute atomic E-state index is 5.91. The first kappa shape index (κ1) is 16.9. The number of thioether (sulfide) groups is 1. The van der Waals surface area contributed by atoms with E-state index >= 15 is 0 Å². The Morgan fingerprint density at radius 2 is 2.19 bits per heavy atom. The molecule has 6 heteroatoms. The van der Waals surface area contributed by atoms with E-state index in [0.29, 0.717) is 0 Å². The van der Waals surface area contributed by atoms with Gasteiger partial charge in [-0.3, -0.25) is 4.99 Å². The van der Waals surface area contributed by atoms with E-state index in [1.165, 1.54) is 5.75 Å². The highest BCUT2D eigenvalue weighted by atomic mass is 32.2. The monoisotopic (exact) mass is 315 g/mol. The van der Waals surface area contributed by atoms with Crippen LogP contribution in [0.1, 0.15) is 26.2 Å². The minimum Gasteiger partial charge on any atom is -0.375 e. The normalized spacial score (nSPS) is 27.1. The predicted molar refractivity (Wildman–Crippen MR) is 89.3 cm³/mol. The standard InChI is InChI=1S/C15H29N3O2S/c1-3-16-15(17-7-5-11-21-2)18-8-10-20-14(12-18)13-6-4-9-19-13/h13-14H,3-12H2,1-2H3,(H,16,17). The third kappa shape index (κ3) is 5.34. The van der Waals surface area contributed by atoms with E-state index in [9.17, 15) is 0 Å². The molecule has 2 atom stereocenters. The topological polar surface area (TPSA) is 46.1 Å². The van der Waals surface area contributed by atoms with Crippen molar-refractivity contribution < 1.29 is 9.47 Å². The second-order valence-electron chi connectivity index (χ2n) is 5.49. The third-order valence-corrected chi connectivity index (χ3v) is 4.57. The van der Waals surface area contributed by atoms with Crippen LogP contribution in [0.15, 0.2) is 4.99 Å². The van der Waals surface area contributed by atoms with Crippen molar-refractivity contribution in [2.45, 2.75) is 38.4 Å². The van der Waals surface area contributed by atoms with Gasteiger partial charge in [0.25, 0.3) is 0 Å². The fourth-order valence-corrected chi connectivity index (χ4v) is 3.23. The van der Waals surface area contributed by atoms with Crippen molar-refractivity contribution in [1.82, 2.24) is 10.2 Å². The van der Waals surface area contributed by atoms with E-state index in [1.807, 2.05) is 11.8 Å². The number of rotatable bonds is 6. The SMILES string of the molecule is CCNC(=NCCCSC)N1CCOC(C2CCCO2)C1. The molecular weight excluding hydrogens is 286 g/mol. The lowest BCUT2D eigenvalue weighted by Gasteiger charge is -2.37. The number of nitrogens with one attached hydrogen (secondary N) is 1. The Morgan fingerprint density at radius 1 is 1.33 bits per heavy atom. The molecule has 0 radical (unpaired) electrons.